The zero-order valence-corrected chi connectivity index (χ0v) is 20.8. The van der Waals surface area contributed by atoms with Gasteiger partial charge in [0, 0.05) is 25.7 Å². The molecule has 178 valence electrons. The van der Waals surface area contributed by atoms with Crippen molar-refractivity contribution in [1.29, 1.82) is 5.26 Å². The van der Waals surface area contributed by atoms with Crippen LogP contribution in [-0.2, 0) is 14.8 Å². The van der Waals surface area contributed by atoms with Crippen LogP contribution in [0, 0.1) is 11.3 Å². The van der Waals surface area contributed by atoms with Crippen LogP contribution in [0.2, 0.25) is 0 Å². The highest BCUT2D eigenvalue weighted by Gasteiger charge is 2.38. The molecular weight excluding hydrogens is 462 g/mol. The predicted octanol–water partition coefficient (Wildman–Crippen LogP) is 3.54. The summed E-state index contributed by atoms with van der Waals surface area (Å²) in [7, 11) is -1.93. The van der Waals surface area contributed by atoms with Gasteiger partial charge in [0.2, 0.25) is 21.8 Å². The van der Waals surface area contributed by atoms with Crippen LogP contribution >= 0.6 is 11.8 Å². The maximum Gasteiger partial charge on any atom is 0.277 e. The molecule has 0 N–H and O–H groups in total. The Balaban J connectivity index is 1.69. The van der Waals surface area contributed by atoms with Gasteiger partial charge in [-0.3, -0.25) is 4.79 Å². The minimum Gasteiger partial charge on any atom is -0.411 e. The van der Waals surface area contributed by atoms with Crippen molar-refractivity contribution >= 4 is 27.7 Å². The summed E-state index contributed by atoms with van der Waals surface area (Å²) in [5.41, 5.74) is -0.260. The number of sulfonamides is 1. The molecule has 0 atom stereocenters. The lowest BCUT2D eigenvalue weighted by Crippen LogP contribution is -2.50. The normalized spacial score (nSPS) is 15.8. The third kappa shape index (κ3) is 5.39. The van der Waals surface area contributed by atoms with Gasteiger partial charge in [0.1, 0.15) is 5.54 Å². The number of hydrogen-bond donors (Lipinski definition) is 0. The van der Waals surface area contributed by atoms with Crippen molar-refractivity contribution in [3.05, 3.63) is 24.3 Å². The Kier molecular flexibility index (Phi) is 8.15. The van der Waals surface area contributed by atoms with Crippen LogP contribution in [-0.4, -0.2) is 65.2 Å². The van der Waals surface area contributed by atoms with Crippen LogP contribution in [0.15, 0.2) is 38.8 Å². The van der Waals surface area contributed by atoms with Gasteiger partial charge in [0.15, 0.2) is 0 Å². The highest BCUT2D eigenvalue weighted by Crippen LogP contribution is 2.33. The summed E-state index contributed by atoms with van der Waals surface area (Å²) < 4.78 is 32.6. The molecule has 1 saturated carbocycles. The SMILES string of the molecule is CCN(CC)S(=O)(=O)c1cccc(-c2nnc(SCC(=O)N(C)C3(C#N)CCCCC3)o2)c1. The van der Waals surface area contributed by atoms with Gasteiger partial charge in [-0.1, -0.05) is 50.9 Å². The van der Waals surface area contributed by atoms with Gasteiger partial charge in [0.05, 0.1) is 16.7 Å². The number of nitrogens with zero attached hydrogens (tertiary/aromatic N) is 5. The first kappa shape index (κ1) is 25.2. The number of nitriles is 1. The molecule has 1 heterocycles. The van der Waals surface area contributed by atoms with E-state index in [0.717, 1.165) is 31.0 Å². The van der Waals surface area contributed by atoms with Gasteiger partial charge >= 0.3 is 0 Å². The van der Waals surface area contributed by atoms with E-state index in [0.29, 0.717) is 31.5 Å². The van der Waals surface area contributed by atoms with E-state index in [1.807, 2.05) is 0 Å². The van der Waals surface area contributed by atoms with E-state index >= 15 is 0 Å². The first-order chi connectivity index (χ1) is 15.8. The predicted molar refractivity (Wildman–Crippen MR) is 125 cm³/mol. The summed E-state index contributed by atoms with van der Waals surface area (Å²) in [4.78, 5) is 14.4. The van der Waals surface area contributed by atoms with E-state index in [4.69, 9.17) is 4.42 Å². The van der Waals surface area contributed by atoms with Crippen molar-refractivity contribution in [2.24, 2.45) is 0 Å². The summed E-state index contributed by atoms with van der Waals surface area (Å²) in [5.74, 6) is 0.0731. The van der Waals surface area contributed by atoms with Crippen LogP contribution in [0.5, 0.6) is 0 Å². The Morgan fingerprint density at radius 1 is 1.21 bits per heavy atom. The van der Waals surface area contributed by atoms with E-state index in [9.17, 15) is 18.5 Å². The number of carbonyl (C=O) groups excluding carboxylic acids is 1. The number of amides is 1. The number of hydrogen-bond acceptors (Lipinski definition) is 8. The average molecular weight is 492 g/mol. The van der Waals surface area contributed by atoms with E-state index in [-0.39, 0.29) is 27.7 Å². The standard InChI is InChI=1S/C22H29N5O4S2/c1-4-27(5-2)33(29,30)18-11-9-10-17(14-18)20-24-25-21(31-20)32-15-19(28)26(3)22(16-23)12-7-6-8-13-22/h9-11,14H,4-8,12-13,15H2,1-3H3. The largest absolute Gasteiger partial charge is 0.411 e. The smallest absolute Gasteiger partial charge is 0.277 e. The van der Waals surface area contributed by atoms with Crippen LogP contribution in [0.25, 0.3) is 11.5 Å². The van der Waals surface area contributed by atoms with Crippen molar-refractivity contribution in [3.63, 3.8) is 0 Å². The Morgan fingerprint density at radius 2 is 1.91 bits per heavy atom. The van der Waals surface area contributed by atoms with E-state index in [1.54, 1.807) is 37.9 Å². The van der Waals surface area contributed by atoms with Crippen LogP contribution < -0.4 is 0 Å². The fourth-order valence-corrected chi connectivity index (χ4v) is 6.19. The van der Waals surface area contributed by atoms with Crippen molar-refractivity contribution in [3.8, 4) is 17.5 Å². The van der Waals surface area contributed by atoms with E-state index < -0.39 is 15.6 Å². The summed E-state index contributed by atoms with van der Waals surface area (Å²) in [5, 5.41) is 17.9. The average Bonchev–Trinajstić information content (AvgIpc) is 3.32. The molecule has 0 unspecified atom stereocenters. The number of rotatable bonds is 9. The third-order valence-corrected chi connectivity index (χ3v) is 8.90. The second-order valence-corrected chi connectivity index (χ2v) is 10.8. The fraction of sp³-hybridized carbons (Fsp3) is 0.545. The zero-order chi connectivity index (χ0) is 24.1. The second kappa shape index (κ2) is 10.7. The summed E-state index contributed by atoms with van der Waals surface area (Å²) in [6.45, 7) is 4.33. The monoisotopic (exact) mass is 491 g/mol. The van der Waals surface area contributed by atoms with Crippen molar-refractivity contribution in [1.82, 2.24) is 19.4 Å². The van der Waals surface area contributed by atoms with Gasteiger partial charge in [-0.05, 0) is 31.0 Å². The number of benzene rings is 1. The lowest BCUT2D eigenvalue weighted by Gasteiger charge is -2.38. The third-order valence-electron chi connectivity index (χ3n) is 6.05. The molecule has 3 rings (SSSR count). The fourth-order valence-electron chi connectivity index (χ4n) is 4.00. The lowest BCUT2D eigenvalue weighted by molar-refractivity contribution is -0.131. The second-order valence-electron chi connectivity index (χ2n) is 7.94. The van der Waals surface area contributed by atoms with Crippen LogP contribution in [0.4, 0.5) is 0 Å². The van der Waals surface area contributed by atoms with E-state index in [1.165, 1.54) is 16.4 Å². The Labute approximate surface area is 199 Å². The van der Waals surface area contributed by atoms with Gasteiger partial charge in [-0.25, -0.2) is 8.42 Å². The van der Waals surface area contributed by atoms with Crippen molar-refractivity contribution in [2.75, 3.05) is 25.9 Å². The number of aromatic nitrogens is 2. The molecule has 9 nitrogen and oxygen atoms in total. The summed E-state index contributed by atoms with van der Waals surface area (Å²) in [6, 6.07) is 8.72. The first-order valence-electron chi connectivity index (χ1n) is 11.0. The molecule has 1 aromatic carbocycles. The van der Waals surface area contributed by atoms with Gasteiger partial charge in [0.25, 0.3) is 5.22 Å². The van der Waals surface area contributed by atoms with Gasteiger partial charge in [-0.15, -0.1) is 10.2 Å². The highest BCUT2D eigenvalue weighted by atomic mass is 32.2. The Bertz CT molecular complexity index is 1120. The molecule has 1 fully saturated rings. The van der Waals surface area contributed by atoms with Crippen LogP contribution in [0.1, 0.15) is 46.0 Å². The molecule has 2 aromatic rings. The quantitative estimate of drug-likeness (QED) is 0.488. The molecule has 11 heteroatoms. The molecule has 1 aromatic heterocycles. The van der Waals surface area contributed by atoms with Crippen molar-refractivity contribution < 1.29 is 17.6 Å². The Hall–Kier alpha value is -2.42. The summed E-state index contributed by atoms with van der Waals surface area (Å²) >= 11 is 1.10. The molecule has 1 aliphatic carbocycles. The molecule has 1 amide bonds. The number of carbonyl (C=O) groups is 1. The molecule has 33 heavy (non-hydrogen) atoms. The Morgan fingerprint density at radius 3 is 2.55 bits per heavy atom. The van der Waals surface area contributed by atoms with Crippen molar-refractivity contribution in [2.45, 2.75) is 61.6 Å². The summed E-state index contributed by atoms with van der Waals surface area (Å²) in [6.07, 6.45) is 4.34. The maximum absolute atomic E-state index is 12.8. The lowest BCUT2D eigenvalue weighted by atomic mass is 9.81. The molecule has 0 radical (unpaired) electrons. The molecule has 0 bridgehead atoms. The zero-order valence-electron chi connectivity index (χ0n) is 19.2. The van der Waals surface area contributed by atoms with Gasteiger partial charge < -0.3 is 9.32 Å². The minimum atomic E-state index is -3.61. The topological polar surface area (TPSA) is 120 Å². The van der Waals surface area contributed by atoms with E-state index in [2.05, 4.69) is 16.3 Å². The number of thioether (sulfide) groups is 1. The molecule has 0 spiro atoms. The van der Waals surface area contributed by atoms with Gasteiger partial charge in [-0.2, -0.15) is 9.57 Å². The molecule has 0 aliphatic heterocycles. The highest BCUT2D eigenvalue weighted by molar-refractivity contribution is 7.99. The van der Waals surface area contributed by atoms with Crippen LogP contribution in [0.3, 0.4) is 0 Å². The molecular formula is C22H29N5O4S2. The maximum atomic E-state index is 12.8. The first-order valence-corrected chi connectivity index (χ1v) is 13.4. The molecule has 1 aliphatic rings. The molecule has 0 saturated heterocycles. The minimum absolute atomic E-state index is 0.0674.